The average Bonchev–Trinajstić information content (AvgIpc) is 2.20. The fraction of sp³-hybridized carbons (Fsp3) is 0.556. The molecular formula is C9H13ClN2O2S. The molecule has 1 aromatic rings. The first-order valence-electron chi connectivity index (χ1n) is 4.56. The van der Waals surface area contributed by atoms with Crippen LogP contribution < -0.4 is 11.2 Å². The Balaban J connectivity index is 3.03. The van der Waals surface area contributed by atoms with Crippen LogP contribution in [0, 0.1) is 6.92 Å². The van der Waals surface area contributed by atoms with E-state index in [2.05, 4.69) is 4.98 Å². The number of aromatic amines is 1. The predicted octanol–water partition coefficient (Wildman–Crippen LogP) is 1.25. The quantitative estimate of drug-likeness (QED) is 0.645. The van der Waals surface area contributed by atoms with Crippen molar-refractivity contribution < 1.29 is 0 Å². The number of hydrogen-bond acceptors (Lipinski definition) is 3. The summed E-state index contributed by atoms with van der Waals surface area (Å²) in [6.07, 6.45) is 2.78. The highest BCUT2D eigenvalue weighted by Crippen LogP contribution is 2.03. The SMILES string of the molecule is CSCCCn1c(=O)[nH]c(Cl)c(C)c1=O. The van der Waals surface area contributed by atoms with Crippen LogP contribution in [0.15, 0.2) is 9.59 Å². The van der Waals surface area contributed by atoms with E-state index in [9.17, 15) is 9.59 Å². The number of H-pyrrole nitrogens is 1. The Morgan fingerprint density at radius 2 is 2.13 bits per heavy atom. The molecule has 84 valence electrons. The maximum absolute atomic E-state index is 11.7. The molecule has 0 unspecified atom stereocenters. The first kappa shape index (κ1) is 12.4. The molecule has 0 aliphatic carbocycles. The lowest BCUT2D eigenvalue weighted by molar-refractivity contribution is 0.614. The summed E-state index contributed by atoms with van der Waals surface area (Å²) in [5.41, 5.74) is -0.345. The summed E-state index contributed by atoms with van der Waals surface area (Å²) in [7, 11) is 0. The zero-order chi connectivity index (χ0) is 11.4. The fourth-order valence-electron chi connectivity index (χ4n) is 1.21. The summed E-state index contributed by atoms with van der Waals surface area (Å²) in [4.78, 5) is 25.5. The third-order valence-electron chi connectivity index (χ3n) is 2.09. The summed E-state index contributed by atoms with van der Waals surface area (Å²) < 4.78 is 1.19. The van der Waals surface area contributed by atoms with E-state index >= 15 is 0 Å². The van der Waals surface area contributed by atoms with Crippen LogP contribution in [0.1, 0.15) is 12.0 Å². The third-order valence-corrected chi connectivity index (χ3v) is 3.16. The van der Waals surface area contributed by atoms with Gasteiger partial charge in [0.05, 0.1) is 0 Å². The summed E-state index contributed by atoms with van der Waals surface area (Å²) in [5, 5.41) is 0.131. The van der Waals surface area contributed by atoms with Crippen molar-refractivity contribution >= 4 is 23.4 Å². The molecule has 0 saturated heterocycles. The van der Waals surface area contributed by atoms with E-state index in [-0.39, 0.29) is 10.7 Å². The molecule has 6 heteroatoms. The summed E-state index contributed by atoms with van der Waals surface area (Å²) >= 11 is 7.37. The highest BCUT2D eigenvalue weighted by atomic mass is 35.5. The minimum atomic E-state index is -0.434. The molecule has 4 nitrogen and oxygen atoms in total. The van der Waals surface area contributed by atoms with Gasteiger partial charge in [0.25, 0.3) is 5.56 Å². The number of rotatable bonds is 4. The van der Waals surface area contributed by atoms with E-state index in [1.165, 1.54) is 4.57 Å². The molecule has 0 saturated carbocycles. The van der Waals surface area contributed by atoms with Gasteiger partial charge in [0.15, 0.2) is 0 Å². The van der Waals surface area contributed by atoms with Crippen molar-refractivity contribution in [3.8, 4) is 0 Å². The molecule has 15 heavy (non-hydrogen) atoms. The van der Waals surface area contributed by atoms with E-state index < -0.39 is 5.69 Å². The smallest absolute Gasteiger partial charge is 0.297 e. The van der Waals surface area contributed by atoms with Gasteiger partial charge in [-0.3, -0.25) is 14.3 Å². The zero-order valence-electron chi connectivity index (χ0n) is 8.67. The van der Waals surface area contributed by atoms with Crippen LogP contribution in [0.25, 0.3) is 0 Å². The Bertz CT molecular complexity index is 452. The molecule has 1 N–H and O–H groups in total. The van der Waals surface area contributed by atoms with Crippen LogP contribution in [0.5, 0.6) is 0 Å². The third kappa shape index (κ3) is 2.89. The molecule has 0 radical (unpaired) electrons. The van der Waals surface area contributed by atoms with E-state index in [1.54, 1.807) is 18.7 Å². The van der Waals surface area contributed by atoms with Crippen molar-refractivity contribution in [2.24, 2.45) is 0 Å². The molecule has 0 aromatic carbocycles. The molecule has 0 fully saturated rings. The van der Waals surface area contributed by atoms with E-state index in [0.717, 1.165) is 12.2 Å². The minimum absolute atomic E-state index is 0.131. The first-order valence-corrected chi connectivity index (χ1v) is 6.33. The number of aromatic nitrogens is 2. The monoisotopic (exact) mass is 248 g/mol. The van der Waals surface area contributed by atoms with E-state index in [0.29, 0.717) is 12.1 Å². The van der Waals surface area contributed by atoms with Gasteiger partial charge in [-0.15, -0.1) is 0 Å². The molecule has 0 aliphatic rings. The standard InChI is InChI=1S/C9H13ClN2O2S/c1-6-7(10)11-9(14)12(8(6)13)4-3-5-15-2/h3-5H2,1-2H3,(H,11,14). The molecule has 0 atom stereocenters. The fourth-order valence-corrected chi connectivity index (χ4v) is 1.79. The second-order valence-electron chi connectivity index (χ2n) is 3.17. The highest BCUT2D eigenvalue weighted by Gasteiger charge is 2.07. The summed E-state index contributed by atoms with van der Waals surface area (Å²) in [6, 6.07) is 0. The molecule has 0 spiro atoms. The topological polar surface area (TPSA) is 54.9 Å². The Labute approximate surface area is 96.7 Å². The van der Waals surface area contributed by atoms with Gasteiger partial charge < -0.3 is 0 Å². The van der Waals surface area contributed by atoms with Crippen LogP contribution in [0.3, 0.4) is 0 Å². The van der Waals surface area contributed by atoms with E-state index in [1.807, 2.05) is 6.26 Å². The number of nitrogens with zero attached hydrogens (tertiary/aromatic N) is 1. The van der Waals surface area contributed by atoms with Crippen molar-refractivity contribution in [1.29, 1.82) is 0 Å². The van der Waals surface area contributed by atoms with Gasteiger partial charge in [0.2, 0.25) is 0 Å². The number of thioether (sulfide) groups is 1. The Hall–Kier alpha value is -0.680. The maximum Gasteiger partial charge on any atom is 0.329 e. The van der Waals surface area contributed by atoms with Gasteiger partial charge in [-0.05, 0) is 25.4 Å². The Morgan fingerprint density at radius 1 is 1.47 bits per heavy atom. The number of hydrogen-bond donors (Lipinski definition) is 1. The van der Waals surface area contributed by atoms with Crippen LogP contribution >= 0.6 is 23.4 Å². The maximum atomic E-state index is 11.7. The Morgan fingerprint density at radius 3 is 2.73 bits per heavy atom. The van der Waals surface area contributed by atoms with E-state index in [4.69, 9.17) is 11.6 Å². The number of nitrogens with one attached hydrogen (secondary N) is 1. The minimum Gasteiger partial charge on any atom is -0.297 e. The lowest BCUT2D eigenvalue weighted by Crippen LogP contribution is -2.36. The van der Waals surface area contributed by atoms with Gasteiger partial charge in [-0.1, -0.05) is 11.6 Å². The van der Waals surface area contributed by atoms with Crippen molar-refractivity contribution in [2.45, 2.75) is 19.9 Å². The van der Waals surface area contributed by atoms with Gasteiger partial charge in [0.1, 0.15) is 5.15 Å². The predicted molar refractivity (Wildman–Crippen MR) is 64.1 cm³/mol. The lowest BCUT2D eigenvalue weighted by Gasteiger charge is -2.05. The van der Waals surface area contributed by atoms with Crippen LogP contribution in [-0.2, 0) is 6.54 Å². The largest absolute Gasteiger partial charge is 0.329 e. The van der Waals surface area contributed by atoms with Crippen molar-refractivity contribution in [1.82, 2.24) is 9.55 Å². The van der Waals surface area contributed by atoms with Crippen molar-refractivity contribution in [3.63, 3.8) is 0 Å². The lowest BCUT2D eigenvalue weighted by atomic mass is 10.3. The van der Waals surface area contributed by atoms with Gasteiger partial charge in [-0.2, -0.15) is 11.8 Å². The molecule has 0 bridgehead atoms. The van der Waals surface area contributed by atoms with Gasteiger partial charge in [0, 0.05) is 12.1 Å². The van der Waals surface area contributed by atoms with Gasteiger partial charge in [-0.25, -0.2) is 4.79 Å². The molecular weight excluding hydrogens is 236 g/mol. The van der Waals surface area contributed by atoms with Crippen molar-refractivity contribution in [2.75, 3.05) is 12.0 Å². The molecule has 0 amide bonds. The van der Waals surface area contributed by atoms with Crippen LogP contribution in [0.4, 0.5) is 0 Å². The molecule has 1 rings (SSSR count). The normalized spacial score (nSPS) is 10.6. The van der Waals surface area contributed by atoms with Crippen molar-refractivity contribution in [3.05, 3.63) is 31.6 Å². The first-order chi connectivity index (χ1) is 7.07. The molecule has 1 aromatic heterocycles. The van der Waals surface area contributed by atoms with Crippen LogP contribution in [0.2, 0.25) is 5.15 Å². The highest BCUT2D eigenvalue weighted by molar-refractivity contribution is 7.98. The summed E-state index contributed by atoms with van der Waals surface area (Å²) in [5.74, 6) is 0.924. The molecule has 1 heterocycles. The zero-order valence-corrected chi connectivity index (χ0v) is 10.2. The van der Waals surface area contributed by atoms with Gasteiger partial charge >= 0.3 is 5.69 Å². The second-order valence-corrected chi connectivity index (χ2v) is 4.54. The molecule has 0 aliphatic heterocycles. The Kier molecular flexibility index (Phi) is 4.47. The van der Waals surface area contributed by atoms with Crippen LogP contribution in [-0.4, -0.2) is 21.6 Å². The second kappa shape index (κ2) is 5.42. The number of halogens is 1. The summed E-state index contributed by atoms with van der Waals surface area (Å²) in [6.45, 7) is 2.04. The average molecular weight is 249 g/mol.